The van der Waals surface area contributed by atoms with E-state index in [1.165, 1.54) is 25.0 Å². The van der Waals surface area contributed by atoms with E-state index in [9.17, 15) is 4.39 Å². The lowest BCUT2D eigenvalue weighted by molar-refractivity contribution is 0.553. The van der Waals surface area contributed by atoms with E-state index in [1.807, 2.05) is 0 Å². The molecule has 0 spiro atoms. The van der Waals surface area contributed by atoms with Gasteiger partial charge in [-0.05, 0) is 24.1 Å². The molecule has 2 N–H and O–H groups in total. The summed E-state index contributed by atoms with van der Waals surface area (Å²) < 4.78 is 13.0. The van der Waals surface area contributed by atoms with E-state index in [-0.39, 0.29) is 5.82 Å². The van der Waals surface area contributed by atoms with Crippen molar-refractivity contribution in [3.05, 3.63) is 24.0 Å². The van der Waals surface area contributed by atoms with Crippen molar-refractivity contribution in [3.8, 4) is 0 Å². The first kappa shape index (κ1) is 12.4. The van der Waals surface area contributed by atoms with Gasteiger partial charge in [-0.15, -0.1) is 11.8 Å². The molecule has 1 aromatic carbocycles. The summed E-state index contributed by atoms with van der Waals surface area (Å²) in [5.41, 5.74) is 6.44. The molecule has 0 saturated heterocycles. The molecule has 1 nitrogen and oxygen atoms in total. The fourth-order valence-electron chi connectivity index (χ4n) is 1.37. The molecule has 3 heteroatoms. The minimum atomic E-state index is -0.212. The number of hydrogen-bond acceptors (Lipinski definition) is 2. The summed E-state index contributed by atoms with van der Waals surface area (Å²) in [4.78, 5) is 0.863. The molecular weight excluding hydrogens is 209 g/mol. The number of nitrogen functional groups attached to an aromatic ring is 1. The van der Waals surface area contributed by atoms with Gasteiger partial charge < -0.3 is 5.73 Å². The second-order valence-electron chi connectivity index (χ2n) is 3.68. The van der Waals surface area contributed by atoms with Crippen LogP contribution < -0.4 is 5.73 Å². The number of nitrogens with two attached hydrogens (primary N) is 1. The summed E-state index contributed by atoms with van der Waals surface area (Å²) in [6.45, 7) is 4.37. The number of rotatable bonds is 5. The van der Waals surface area contributed by atoms with E-state index in [0.717, 1.165) is 10.6 Å². The van der Waals surface area contributed by atoms with Gasteiger partial charge in [0.15, 0.2) is 0 Å². The van der Waals surface area contributed by atoms with Crippen molar-refractivity contribution in [3.63, 3.8) is 0 Å². The minimum absolute atomic E-state index is 0.212. The zero-order chi connectivity index (χ0) is 11.3. The van der Waals surface area contributed by atoms with Crippen molar-refractivity contribution in [2.45, 2.75) is 31.6 Å². The first-order valence-corrected chi connectivity index (χ1v) is 6.33. The Hall–Kier alpha value is -0.700. The van der Waals surface area contributed by atoms with Crippen molar-refractivity contribution in [2.24, 2.45) is 5.92 Å². The Morgan fingerprint density at radius 1 is 1.33 bits per heavy atom. The van der Waals surface area contributed by atoms with Crippen LogP contribution in [0.1, 0.15) is 26.7 Å². The van der Waals surface area contributed by atoms with Crippen LogP contribution in [0.15, 0.2) is 23.1 Å². The molecule has 0 bridgehead atoms. The summed E-state index contributed by atoms with van der Waals surface area (Å²) in [7, 11) is 0. The van der Waals surface area contributed by atoms with E-state index in [1.54, 1.807) is 17.8 Å². The Morgan fingerprint density at radius 3 is 2.60 bits per heavy atom. The number of thioether (sulfide) groups is 1. The van der Waals surface area contributed by atoms with Gasteiger partial charge in [-0.1, -0.05) is 26.7 Å². The van der Waals surface area contributed by atoms with Gasteiger partial charge in [0.05, 0.1) is 0 Å². The third-order valence-corrected chi connectivity index (χ3v) is 3.91. The van der Waals surface area contributed by atoms with Crippen molar-refractivity contribution >= 4 is 17.4 Å². The predicted molar refractivity (Wildman–Crippen MR) is 65.6 cm³/mol. The third-order valence-electron chi connectivity index (χ3n) is 2.60. The molecule has 0 aliphatic rings. The molecule has 15 heavy (non-hydrogen) atoms. The van der Waals surface area contributed by atoms with Gasteiger partial charge in [-0.3, -0.25) is 0 Å². The first-order chi connectivity index (χ1) is 7.17. The van der Waals surface area contributed by atoms with Crippen LogP contribution in [-0.4, -0.2) is 5.75 Å². The average Bonchev–Trinajstić information content (AvgIpc) is 2.24. The zero-order valence-electron chi connectivity index (χ0n) is 9.29. The molecule has 0 aliphatic heterocycles. The van der Waals surface area contributed by atoms with Crippen LogP contribution in [0.3, 0.4) is 0 Å². The molecule has 0 aromatic heterocycles. The van der Waals surface area contributed by atoms with Gasteiger partial charge in [0.2, 0.25) is 0 Å². The topological polar surface area (TPSA) is 26.0 Å². The van der Waals surface area contributed by atoms with Crippen molar-refractivity contribution in [1.29, 1.82) is 0 Å². The molecule has 0 amide bonds. The lowest BCUT2D eigenvalue weighted by Crippen LogP contribution is -2.00. The molecule has 0 unspecified atom stereocenters. The molecule has 0 heterocycles. The highest BCUT2D eigenvalue weighted by atomic mass is 32.2. The van der Waals surface area contributed by atoms with E-state index >= 15 is 0 Å². The monoisotopic (exact) mass is 227 g/mol. The van der Waals surface area contributed by atoms with E-state index < -0.39 is 0 Å². The third kappa shape index (κ3) is 3.74. The maximum absolute atomic E-state index is 13.0. The van der Waals surface area contributed by atoms with Crippen LogP contribution in [0.2, 0.25) is 0 Å². The number of halogens is 1. The molecule has 0 atom stereocenters. The van der Waals surface area contributed by atoms with Crippen molar-refractivity contribution in [1.82, 2.24) is 0 Å². The maximum atomic E-state index is 13.0. The number of anilines is 1. The largest absolute Gasteiger partial charge is 0.398 e. The Morgan fingerprint density at radius 2 is 2.00 bits per heavy atom. The van der Waals surface area contributed by atoms with Crippen LogP contribution in [0.25, 0.3) is 0 Å². The number of hydrogen-bond donors (Lipinski definition) is 1. The van der Waals surface area contributed by atoms with Gasteiger partial charge in [0.1, 0.15) is 5.82 Å². The summed E-state index contributed by atoms with van der Waals surface area (Å²) in [5, 5.41) is 0. The maximum Gasteiger partial charge on any atom is 0.124 e. The Kier molecular flexibility index (Phi) is 4.95. The highest BCUT2D eigenvalue weighted by molar-refractivity contribution is 7.99. The molecule has 1 aromatic rings. The summed E-state index contributed by atoms with van der Waals surface area (Å²) in [6.07, 6.45) is 2.33. The number of benzene rings is 1. The van der Waals surface area contributed by atoms with E-state index in [0.29, 0.717) is 11.6 Å². The first-order valence-electron chi connectivity index (χ1n) is 5.35. The molecule has 0 radical (unpaired) electrons. The average molecular weight is 227 g/mol. The van der Waals surface area contributed by atoms with Gasteiger partial charge in [-0.25, -0.2) is 4.39 Å². The molecular formula is C12H18FNS. The second-order valence-corrected chi connectivity index (χ2v) is 4.74. The van der Waals surface area contributed by atoms with Crippen molar-refractivity contribution < 1.29 is 4.39 Å². The van der Waals surface area contributed by atoms with E-state index in [4.69, 9.17) is 5.73 Å². The van der Waals surface area contributed by atoms with E-state index in [2.05, 4.69) is 13.8 Å². The molecule has 0 fully saturated rings. The van der Waals surface area contributed by atoms with Crippen LogP contribution in [0, 0.1) is 11.7 Å². The lowest BCUT2D eigenvalue weighted by atomic mass is 10.1. The minimum Gasteiger partial charge on any atom is -0.398 e. The highest BCUT2D eigenvalue weighted by Gasteiger charge is 2.07. The van der Waals surface area contributed by atoms with Crippen LogP contribution >= 0.6 is 11.8 Å². The van der Waals surface area contributed by atoms with Gasteiger partial charge in [0, 0.05) is 16.3 Å². The molecule has 1 rings (SSSR count). The summed E-state index contributed by atoms with van der Waals surface area (Å²) in [5.74, 6) is 1.50. The van der Waals surface area contributed by atoms with Gasteiger partial charge in [0.25, 0.3) is 0 Å². The summed E-state index contributed by atoms with van der Waals surface area (Å²) in [6, 6.07) is 4.55. The molecule has 0 aliphatic carbocycles. The SMILES string of the molecule is CCC(CC)CSc1cc(F)ccc1N. The standard InChI is InChI=1S/C12H18FNS/c1-3-9(4-2)8-15-12-7-10(13)5-6-11(12)14/h5-7,9H,3-4,8,14H2,1-2H3. The Bertz CT molecular complexity index is 310. The molecule has 0 saturated carbocycles. The predicted octanol–water partition coefficient (Wildman–Crippen LogP) is 3.94. The van der Waals surface area contributed by atoms with Gasteiger partial charge >= 0.3 is 0 Å². The Balaban J connectivity index is 2.60. The zero-order valence-corrected chi connectivity index (χ0v) is 10.1. The van der Waals surface area contributed by atoms with Gasteiger partial charge in [-0.2, -0.15) is 0 Å². The smallest absolute Gasteiger partial charge is 0.124 e. The molecule has 84 valence electrons. The van der Waals surface area contributed by atoms with Crippen molar-refractivity contribution in [2.75, 3.05) is 11.5 Å². The van der Waals surface area contributed by atoms with Crippen LogP contribution in [0.4, 0.5) is 10.1 Å². The lowest BCUT2D eigenvalue weighted by Gasteiger charge is -2.12. The summed E-state index contributed by atoms with van der Waals surface area (Å²) >= 11 is 1.65. The van der Waals surface area contributed by atoms with Crippen LogP contribution in [0.5, 0.6) is 0 Å². The fourth-order valence-corrected chi connectivity index (χ4v) is 2.68. The normalized spacial score (nSPS) is 10.9. The highest BCUT2D eigenvalue weighted by Crippen LogP contribution is 2.28. The fraction of sp³-hybridized carbons (Fsp3) is 0.500. The second kappa shape index (κ2) is 6.01. The quantitative estimate of drug-likeness (QED) is 0.609. The van der Waals surface area contributed by atoms with Crippen LogP contribution in [-0.2, 0) is 0 Å². The Labute approximate surface area is 95.2 Å².